The van der Waals surface area contributed by atoms with Crippen LogP contribution in [0.4, 0.5) is 5.69 Å². The van der Waals surface area contributed by atoms with E-state index in [4.69, 9.17) is 4.74 Å². The van der Waals surface area contributed by atoms with Gasteiger partial charge in [0.2, 0.25) is 0 Å². The first kappa shape index (κ1) is 27.8. The lowest BCUT2D eigenvalue weighted by Gasteiger charge is -2.26. The van der Waals surface area contributed by atoms with E-state index in [1.54, 1.807) is 24.3 Å². The molecule has 1 unspecified atom stereocenters. The highest BCUT2D eigenvalue weighted by atomic mass is 16.5. The second-order valence-electron chi connectivity index (χ2n) is 11.0. The third kappa shape index (κ3) is 5.51. The molecule has 3 aromatic carbocycles. The molecule has 1 N–H and O–H groups in total. The van der Waals surface area contributed by atoms with Crippen LogP contribution in [-0.4, -0.2) is 29.4 Å². The largest absolute Gasteiger partial charge is 0.507 e. The normalized spacial score (nSPS) is 17.0. The minimum Gasteiger partial charge on any atom is -0.507 e. The minimum absolute atomic E-state index is 0.0127. The van der Waals surface area contributed by atoms with Crippen LogP contribution in [0.3, 0.4) is 0 Å². The summed E-state index contributed by atoms with van der Waals surface area (Å²) in [5.41, 5.74) is 4.39. The number of carbonyl (C=O) groups is 3. The summed E-state index contributed by atoms with van der Waals surface area (Å²) in [6.07, 6.45) is 0.684. The first-order valence-electron chi connectivity index (χ1n) is 13.2. The number of hydrogen-bond acceptors (Lipinski definition) is 5. The highest BCUT2D eigenvalue weighted by molar-refractivity contribution is 6.51. The van der Waals surface area contributed by atoms with Crippen molar-refractivity contribution in [2.75, 3.05) is 11.5 Å². The molecular formula is C33H35NO5. The first-order valence-corrected chi connectivity index (χ1v) is 13.2. The molecule has 0 saturated carbocycles. The van der Waals surface area contributed by atoms with E-state index < -0.39 is 23.7 Å². The van der Waals surface area contributed by atoms with E-state index in [9.17, 15) is 19.5 Å². The van der Waals surface area contributed by atoms with E-state index >= 15 is 0 Å². The Morgan fingerprint density at radius 3 is 2.36 bits per heavy atom. The summed E-state index contributed by atoms with van der Waals surface area (Å²) in [5.74, 6) is -2.27. The molecule has 1 aliphatic heterocycles. The number of nitrogens with zero attached hydrogens (tertiary/aromatic N) is 1. The Bertz CT molecular complexity index is 1480. The molecule has 39 heavy (non-hydrogen) atoms. The standard InChI is InChI=1S/C33H35NO5/c1-7-16-39-32(38)23-12-9-13-25(18-23)34-28(22-11-8-10-20(2)17-22)27(30(36)31(34)37)29(35)26-19-24(33(4,5)6)15-14-21(26)3/h8-15,17-19,28,35H,7,16H2,1-6H3/b29-27+. The van der Waals surface area contributed by atoms with Crippen molar-refractivity contribution in [3.8, 4) is 0 Å². The summed E-state index contributed by atoms with van der Waals surface area (Å²) in [4.78, 5) is 41.2. The molecule has 1 atom stereocenters. The summed E-state index contributed by atoms with van der Waals surface area (Å²) in [7, 11) is 0. The number of aryl methyl sites for hydroxylation is 2. The van der Waals surface area contributed by atoms with Crippen LogP contribution in [0, 0.1) is 13.8 Å². The molecule has 0 bridgehead atoms. The molecule has 202 valence electrons. The van der Waals surface area contributed by atoms with Crippen molar-refractivity contribution in [2.24, 2.45) is 0 Å². The number of ketones is 1. The van der Waals surface area contributed by atoms with Crippen molar-refractivity contribution >= 4 is 29.1 Å². The van der Waals surface area contributed by atoms with Gasteiger partial charge in [-0.3, -0.25) is 14.5 Å². The quantitative estimate of drug-likeness (QED) is 0.166. The van der Waals surface area contributed by atoms with Crippen molar-refractivity contribution in [1.29, 1.82) is 0 Å². The van der Waals surface area contributed by atoms with Gasteiger partial charge in [-0.05, 0) is 66.6 Å². The predicted molar refractivity (Wildman–Crippen MR) is 153 cm³/mol. The lowest BCUT2D eigenvalue weighted by molar-refractivity contribution is -0.132. The average Bonchev–Trinajstić information content (AvgIpc) is 3.16. The number of rotatable bonds is 6. The summed E-state index contributed by atoms with van der Waals surface area (Å²) in [5, 5.41) is 11.7. The van der Waals surface area contributed by atoms with Gasteiger partial charge in [0.05, 0.1) is 23.8 Å². The topological polar surface area (TPSA) is 83.9 Å². The number of ether oxygens (including phenoxy) is 1. The van der Waals surface area contributed by atoms with E-state index in [0.717, 1.165) is 16.7 Å². The second kappa shape index (κ2) is 10.9. The monoisotopic (exact) mass is 525 g/mol. The molecule has 1 heterocycles. The average molecular weight is 526 g/mol. The van der Waals surface area contributed by atoms with E-state index in [1.165, 1.54) is 4.90 Å². The molecule has 6 nitrogen and oxygen atoms in total. The highest BCUT2D eigenvalue weighted by Crippen LogP contribution is 2.43. The van der Waals surface area contributed by atoms with Crippen molar-refractivity contribution in [1.82, 2.24) is 0 Å². The number of hydrogen-bond donors (Lipinski definition) is 1. The fourth-order valence-corrected chi connectivity index (χ4v) is 4.80. The number of aliphatic hydroxyl groups is 1. The summed E-state index contributed by atoms with van der Waals surface area (Å²) >= 11 is 0. The number of esters is 1. The number of benzene rings is 3. The maximum atomic E-state index is 13.6. The zero-order chi connectivity index (χ0) is 28.5. The third-order valence-electron chi connectivity index (χ3n) is 6.96. The fourth-order valence-electron chi connectivity index (χ4n) is 4.80. The van der Waals surface area contributed by atoms with E-state index in [0.29, 0.717) is 23.2 Å². The van der Waals surface area contributed by atoms with Crippen LogP contribution in [0.25, 0.3) is 5.76 Å². The van der Waals surface area contributed by atoms with E-state index in [-0.39, 0.29) is 28.9 Å². The third-order valence-corrected chi connectivity index (χ3v) is 6.96. The van der Waals surface area contributed by atoms with Gasteiger partial charge in [-0.25, -0.2) is 4.79 Å². The van der Waals surface area contributed by atoms with Gasteiger partial charge < -0.3 is 9.84 Å². The van der Waals surface area contributed by atoms with Crippen LogP contribution < -0.4 is 4.90 Å². The zero-order valence-corrected chi connectivity index (χ0v) is 23.4. The lowest BCUT2D eigenvalue weighted by atomic mass is 9.84. The smallest absolute Gasteiger partial charge is 0.338 e. The Kier molecular flexibility index (Phi) is 7.77. The van der Waals surface area contributed by atoms with Gasteiger partial charge in [-0.2, -0.15) is 0 Å². The van der Waals surface area contributed by atoms with Crippen LogP contribution >= 0.6 is 0 Å². The summed E-state index contributed by atoms with van der Waals surface area (Å²) < 4.78 is 5.28. The van der Waals surface area contributed by atoms with Crippen molar-refractivity contribution in [3.63, 3.8) is 0 Å². The molecule has 6 heteroatoms. The Hall–Kier alpha value is -4.19. The minimum atomic E-state index is -0.885. The summed E-state index contributed by atoms with van der Waals surface area (Å²) in [6, 6.07) is 18.9. The van der Waals surface area contributed by atoms with Gasteiger partial charge in [0, 0.05) is 11.3 Å². The van der Waals surface area contributed by atoms with Gasteiger partial charge in [-0.1, -0.05) is 75.7 Å². The van der Waals surface area contributed by atoms with E-state index in [2.05, 4.69) is 20.8 Å². The van der Waals surface area contributed by atoms with Crippen LogP contribution in [0.15, 0.2) is 72.3 Å². The number of carbonyl (C=O) groups excluding carboxylic acids is 3. The SMILES string of the molecule is CCCOC(=O)c1cccc(N2C(=O)C(=O)/C(=C(/O)c3cc(C(C)(C)C)ccc3C)C2c2cccc(C)c2)c1. The Morgan fingerprint density at radius 2 is 1.69 bits per heavy atom. The number of amides is 1. The predicted octanol–water partition coefficient (Wildman–Crippen LogP) is 6.79. The molecule has 0 spiro atoms. The summed E-state index contributed by atoms with van der Waals surface area (Å²) in [6.45, 7) is 12.2. The maximum Gasteiger partial charge on any atom is 0.338 e. The van der Waals surface area contributed by atoms with Crippen molar-refractivity contribution < 1.29 is 24.2 Å². The molecule has 1 saturated heterocycles. The molecule has 1 amide bonds. The molecule has 0 aliphatic carbocycles. The van der Waals surface area contributed by atoms with Gasteiger partial charge in [0.1, 0.15) is 5.76 Å². The molecule has 1 fully saturated rings. The van der Waals surface area contributed by atoms with Crippen LogP contribution in [0.5, 0.6) is 0 Å². The maximum absolute atomic E-state index is 13.6. The molecule has 4 rings (SSSR count). The Balaban J connectivity index is 1.93. The first-order chi connectivity index (χ1) is 18.4. The molecule has 1 aliphatic rings. The van der Waals surface area contributed by atoms with Crippen molar-refractivity contribution in [2.45, 2.75) is 59.4 Å². The molecule has 3 aromatic rings. The van der Waals surface area contributed by atoms with Crippen LogP contribution in [0.1, 0.15) is 78.3 Å². The Labute approximate surface area is 229 Å². The van der Waals surface area contributed by atoms with E-state index in [1.807, 2.05) is 63.2 Å². The van der Waals surface area contributed by atoms with Gasteiger partial charge >= 0.3 is 5.97 Å². The van der Waals surface area contributed by atoms with Crippen LogP contribution in [0.2, 0.25) is 0 Å². The molecule has 0 aromatic heterocycles. The lowest BCUT2D eigenvalue weighted by Crippen LogP contribution is -2.29. The Morgan fingerprint density at radius 1 is 0.974 bits per heavy atom. The molecule has 0 radical (unpaired) electrons. The van der Waals surface area contributed by atoms with Crippen molar-refractivity contribution in [3.05, 3.63) is 106 Å². The van der Waals surface area contributed by atoms with Gasteiger partial charge in [-0.15, -0.1) is 0 Å². The number of Topliss-reactive ketones (excluding diaryl/α,β-unsaturated/α-hetero) is 1. The van der Waals surface area contributed by atoms with Crippen LogP contribution in [-0.2, 0) is 19.7 Å². The number of aliphatic hydroxyl groups excluding tert-OH is 1. The van der Waals surface area contributed by atoms with Gasteiger partial charge in [0.25, 0.3) is 11.7 Å². The fraction of sp³-hybridized carbons (Fsp3) is 0.303. The molecular weight excluding hydrogens is 490 g/mol. The number of anilines is 1. The highest BCUT2D eigenvalue weighted by Gasteiger charge is 2.47. The second-order valence-corrected chi connectivity index (χ2v) is 11.0. The zero-order valence-electron chi connectivity index (χ0n) is 23.4. The van der Waals surface area contributed by atoms with Gasteiger partial charge in [0.15, 0.2) is 0 Å².